The molecule has 1 saturated heterocycles. The van der Waals surface area contributed by atoms with E-state index in [9.17, 15) is 9.18 Å². The van der Waals surface area contributed by atoms with Crippen molar-refractivity contribution in [3.05, 3.63) is 30.1 Å². The van der Waals surface area contributed by atoms with E-state index in [4.69, 9.17) is 4.74 Å². The van der Waals surface area contributed by atoms with Gasteiger partial charge in [0.15, 0.2) is 0 Å². The molecule has 0 radical (unpaired) electrons. The third-order valence-electron chi connectivity index (χ3n) is 5.35. The van der Waals surface area contributed by atoms with Gasteiger partial charge < -0.3 is 20.3 Å². The molecule has 132 valence electrons. The van der Waals surface area contributed by atoms with E-state index >= 15 is 0 Å². The molecule has 0 unspecified atom stereocenters. The van der Waals surface area contributed by atoms with Crippen molar-refractivity contribution in [3.8, 4) is 0 Å². The van der Waals surface area contributed by atoms with Crippen LogP contribution in [0, 0.1) is 5.82 Å². The number of hydrogen-bond donors (Lipinski definition) is 3. The quantitative estimate of drug-likeness (QED) is 0.782. The van der Waals surface area contributed by atoms with Crippen molar-refractivity contribution in [1.82, 2.24) is 5.32 Å². The van der Waals surface area contributed by atoms with E-state index in [0.717, 1.165) is 39.1 Å². The van der Waals surface area contributed by atoms with Crippen LogP contribution in [0.3, 0.4) is 0 Å². The molecular weight excluding hydrogens is 309 g/mol. The standard InChI is InChI=1S/C18H26FN3O2/c19-15-4-6-16(7-5-15)21-17(23)20-14-18(8-2-1-3-9-18)22-10-12-24-13-11-22/h4-7H,1-3,8-14H2,(H2,20,21,23)/p+1. The molecule has 0 spiro atoms. The second kappa shape index (κ2) is 7.94. The van der Waals surface area contributed by atoms with Gasteiger partial charge in [0.2, 0.25) is 0 Å². The third kappa shape index (κ3) is 4.24. The van der Waals surface area contributed by atoms with Gasteiger partial charge in [-0.05, 0) is 37.1 Å². The fourth-order valence-electron chi connectivity index (χ4n) is 3.99. The fraction of sp³-hybridized carbons (Fsp3) is 0.611. The maximum absolute atomic E-state index is 12.9. The molecular formula is C18H27FN3O2+. The van der Waals surface area contributed by atoms with Crippen LogP contribution in [-0.2, 0) is 4.74 Å². The molecule has 5 nitrogen and oxygen atoms in total. The second-order valence-corrected chi connectivity index (χ2v) is 6.87. The second-order valence-electron chi connectivity index (χ2n) is 6.87. The molecule has 2 amide bonds. The molecule has 1 aromatic rings. The lowest BCUT2D eigenvalue weighted by atomic mass is 9.80. The van der Waals surface area contributed by atoms with Crippen LogP contribution in [0.25, 0.3) is 0 Å². The summed E-state index contributed by atoms with van der Waals surface area (Å²) in [5, 5.41) is 5.83. The normalized spacial score (nSPS) is 21.2. The molecule has 1 heterocycles. The lowest BCUT2D eigenvalue weighted by Crippen LogP contribution is -3.23. The van der Waals surface area contributed by atoms with E-state index < -0.39 is 0 Å². The van der Waals surface area contributed by atoms with Crippen LogP contribution in [0.4, 0.5) is 14.9 Å². The molecule has 0 atom stereocenters. The highest BCUT2D eigenvalue weighted by Crippen LogP contribution is 2.25. The van der Waals surface area contributed by atoms with E-state index in [2.05, 4.69) is 10.6 Å². The van der Waals surface area contributed by atoms with Crippen molar-refractivity contribution < 1.29 is 18.8 Å². The minimum atomic E-state index is -0.307. The summed E-state index contributed by atoms with van der Waals surface area (Å²) >= 11 is 0. The average molecular weight is 336 g/mol. The monoisotopic (exact) mass is 336 g/mol. The zero-order valence-corrected chi connectivity index (χ0v) is 14.1. The maximum atomic E-state index is 12.9. The molecule has 1 aliphatic carbocycles. The minimum absolute atomic E-state index is 0.127. The number of ether oxygens (including phenoxy) is 1. The molecule has 1 aromatic carbocycles. The summed E-state index contributed by atoms with van der Waals surface area (Å²) in [6.45, 7) is 4.32. The van der Waals surface area contributed by atoms with Crippen LogP contribution >= 0.6 is 0 Å². The number of rotatable bonds is 4. The Morgan fingerprint density at radius 3 is 2.46 bits per heavy atom. The van der Waals surface area contributed by atoms with Gasteiger partial charge in [0.1, 0.15) is 24.4 Å². The van der Waals surface area contributed by atoms with E-state index in [1.807, 2.05) is 0 Å². The van der Waals surface area contributed by atoms with Gasteiger partial charge in [-0.25, -0.2) is 9.18 Å². The number of morpholine rings is 1. The predicted molar refractivity (Wildman–Crippen MR) is 90.8 cm³/mol. The van der Waals surface area contributed by atoms with Crippen LogP contribution in [0.15, 0.2) is 24.3 Å². The number of hydrogen-bond acceptors (Lipinski definition) is 2. The van der Waals surface area contributed by atoms with Crippen molar-refractivity contribution >= 4 is 11.7 Å². The highest BCUT2D eigenvalue weighted by atomic mass is 19.1. The number of benzene rings is 1. The first-order valence-electron chi connectivity index (χ1n) is 8.91. The number of anilines is 1. The maximum Gasteiger partial charge on any atom is 0.319 e. The molecule has 3 N–H and O–H groups in total. The van der Waals surface area contributed by atoms with Gasteiger partial charge in [-0.1, -0.05) is 6.42 Å². The highest BCUT2D eigenvalue weighted by Gasteiger charge is 2.42. The van der Waals surface area contributed by atoms with Gasteiger partial charge in [0.25, 0.3) is 0 Å². The topological polar surface area (TPSA) is 54.8 Å². The van der Waals surface area contributed by atoms with E-state index in [1.165, 1.54) is 31.4 Å². The summed E-state index contributed by atoms with van der Waals surface area (Å²) in [5.74, 6) is -0.307. The Balaban J connectivity index is 1.58. The van der Waals surface area contributed by atoms with Gasteiger partial charge >= 0.3 is 6.03 Å². The first kappa shape index (κ1) is 17.2. The number of halogens is 1. The van der Waals surface area contributed by atoms with E-state index in [-0.39, 0.29) is 17.4 Å². The Hall–Kier alpha value is -1.66. The Morgan fingerprint density at radius 2 is 1.79 bits per heavy atom. The average Bonchev–Trinajstić information content (AvgIpc) is 2.63. The lowest BCUT2D eigenvalue weighted by molar-refractivity contribution is -0.960. The summed E-state index contributed by atoms with van der Waals surface area (Å²) in [5.41, 5.74) is 0.729. The molecule has 6 heteroatoms. The van der Waals surface area contributed by atoms with Crippen LogP contribution in [-0.4, -0.2) is 44.4 Å². The van der Waals surface area contributed by atoms with Crippen molar-refractivity contribution in [2.45, 2.75) is 37.6 Å². The Morgan fingerprint density at radius 1 is 1.12 bits per heavy atom. The van der Waals surface area contributed by atoms with E-state index in [1.54, 1.807) is 17.0 Å². The number of quaternary nitrogens is 1. The number of carbonyl (C=O) groups excluding carboxylic acids is 1. The summed E-state index contributed by atoms with van der Waals surface area (Å²) in [6, 6.07) is 5.60. The number of urea groups is 1. The molecule has 1 saturated carbocycles. The first-order chi connectivity index (χ1) is 11.7. The largest absolute Gasteiger partial charge is 0.370 e. The van der Waals surface area contributed by atoms with Gasteiger partial charge in [-0.2, -0.15) is 0 Å². The summed E-state index contributed by atoms with van der Waals surface area (Å²) < 4.78 is 18.4. The summed E-state index contributed by atoms with van der Waals surface area (Å²) in [4.78, 5) is 13.8. The Bertz CT molecular complexity index is 538. The SMILES string of the molecule is O=C(NCC1([NH+]2CCOCC2)CCCCC1)Nc1ccc(F)cc1. The molecule has 2 fully saturated rings. The third-order valence-corrected chi connectivity index (χ3v) is 5.35. The first-order valence-corrected chi connectivity index (χ1v) is 8.91. The smallest absolute Gasteiger partial charge is 0.319 e. The minimum Gasteiger partial charge on any atom is -0.370 e. The van der Waals surface area contributed by atoms with Gasteiger partial charge in [-0.15, -0.1) is 0 Å². The van der Waals surface area contributed by atoms with Crippen LogP contribution < -0.4 is 15.5 Å². The molecule has 1 aliphatic heterocycles. The lowest BCUT2D eigenvalue weighted by Gasteiger charge is -2.44. The van der Waals surface area contributed by atoms with Gasteiger partial charge in [0, 0.05) is 18.5 Å². The van der Waals surface area contributed by atoms with Crippen molar-refractivity contribution in [2.24, 2.45) is 0 Å². The zero-order valence-electron chi connectivity index (χ0n) is 14.1. The molecule has 0 bridgehead atoms. The zero-order chi connectivity index (χ0) is 16.8. The van der Waals surface area contributed by atoms with Crippen molar-refractivity contribution in [2.75, 3.05) is 38.2 Å². The fourth-order valence-corrected chi connectivity index (χ4v) is 3.99. The predicted octanol–water partition coefficient (Wildman–Crippen LogP) is 1.57. The molecule has 0 aromatic heterocycles. The summed E-state index contributed by atoms with van der Waals surface area (Å²) in [6.07, 6.45) is 6.04. The number of carbonyl (C=O) groups is 1. The Labute approximate surface area is 142 Å². The Kier molecular flexibility index (Phi) is 5.68. The van der Waals surface area contributed by atoms with E-state index in [0.29, 0.717) is 12.2 Å². The molecule has 2 aliphatic rings. The number of nitrogens with one attached hydrogen (secondary N) is 3. The summed E-state index contributed by atoms with van der Waals surface area (Å²) in [7, 11) is 0. The van der Waals surface area contributed by atoms with Crippen LogP contribution in [0.5, 0.6) is 0 Å². The van der Waals surface area contributed by atoms with Crippen molar-refractivity contribution in [3.63, 3.8) is 0 Å². The highest BCUT2D eigenvalue weighted by molar-refractivity contribution is 5.89. The van der Waals surface area contributed by atoms with Crippen molar-refractivity contribution in [1.29, 1.82) is 0 Å². The van der Waals surface area contributed by atoms with Gasteiger partial charge in [-0.3, -0.25) is 0 Å². The van der Waals surface area contributed by atoms with Gasteiger partial charge in [0.05, 0.1) is 19.8 Å². The van der Waals surface area contributed by atoms with Crippen LogP contribution in [0.1, 0.15) is 32.1 Å². The van der Waals surface area contributed by atoms with Crippen LogP contribution in [0.2, 0.25) is 0 Å². The number of amides is 2. The molecule has 24 heavy (non-hydrogen) atoms. The molecule has 3 rings (SSSR count).